The van der Waals surface area contributed by atoms with E-state index in [1.54, 1.807) is 19.1 Å². The maximum absolute atomic E-state index is 13.9. The number of halogens is 1. The molecule has 0 spiro atoms. The van der Waals surface area contributed by atoms with E-state index in [1.807, 2.05) is 11.9 Å². The van der Waals surface area contributed by atoms with E-state index in [2.05, 4.69) is 31.7 Å². The van der Waals surface area contributed by atoms with E-state index in [0.717, 1.165) is 37.2 Å². The summed E-state index contributed by atoms with van der Waals surface area (Å²) >= 11 is 0. The first-order valence-corrected chi connectivity index (χ1v) is 7.92. The third kappa shape index (κ3) is 4.07. The van der Waals surface area contributed by atoms with Crippen molar-refractivity contribution in [1.29, 1.82) is 0 Å². The van der Waals surface area contributed by atoms with Gasteiger partial charge in [-0.15, -0.1) is 0 Å². The quantitative estimate of drug-likeness (QED) is 0.856. The molecule has 1 saturated heterocycles. The molecule has 2 rings (SSSR count). The fraction of sp³-hybridized carbons (Fsp3) is 0.611. The maximum atomic E-state index is 13.9. The molecule has 0 aliphatic carbocycles. The molecule has 1 atom stereocenters. The van der Waals surface area contributed by atoms with Crippen LogP contribution in [0.25, 0.3) is 0 Å². The minimum Gasteiger partial charge on any atom is -0.342 e. The number of likely N-dealkylation sites (tertiary alicyclic amines) is 1. The Bertz CT molecular complexity index is 551. The first-order valence-electron chi connectivity index (χ1n) is 7.92. The Hall–Kier alpha value is -1.42. The van der Waals surface area contributed by atoms with Crippen LogP contribution in [0.15, 0.2) is 18.2 Å². The summed E-state index contributed by atoms with van der Waals surface area (Å²) in [5, 5.41) is 0. The van der Waals surface area contributed by atoms with E-state index in [-0.39, 0.29) is 23.2 Å². The Morgan fingerprint density at radius 2 is 2.05 bits per heavy atom. The number of amides is 1. The van der Waals surface area contributed by atoms with Crippen molar-refractivity contribution in [2.75, 3.05) is 20.1 Å². The van der Waals surface area contributed by atoms with Gasteiger partial charge in [0.05, 0.1) is 0 Å². The number of carbonyl (C=O) groups excluding carboxylic acids is 1. The van der Waals surface area contributed by atoms with Crippen LogP contribution < -0.4 is 0 Å². The Morgan fingerprint density at radius 3 is 2.64 bits per heavy atom. The minimum absolute atomic E-state index is 0.0563. The second kappa shape index (κ2) is 6.37. The van der Waals surface area contributed by atoms with Crippen molar-refractivity contribution in [2.45, 2.75) is 52.1 Å². The van der Waals surface area contributed by atoms with Crippen LogP contribution in [0.5, 0.6) is 0 Å². The van der Waals surface area contributed by atoms with E-state index in [0.29, 0.717) is 0 Å². The first kappa shape index (κ1) is 16.9. The van der Waals surface area contributed by atoms with Crippen LogP contribution in [0.3, 0.4) is 0 Å². The SMILES string of the molecule is CC(=O)N(C)C1CCN(Cc2cc(F)cc(C(C)(C)C)c2)C1. The lowest BCUT2D eigenvalue weighted by molar-refractivity contribution is -0.129. The van der Waals surface area contributed by atoms with Gasteiger partial charge in [0.15, 0.2) is 0 Å². The van der Waals surface area contributed by atoms with E-state index in [9.17, 15) is 9.18 Å². The lowest BCUT2D eigenvalue weighted by atomic mass is 9.86. The van der Waals surface area contributed by atoms with Gasteiger partial charge in [0.1, 0.15) is 5.82 Å². The summed E-state index contributed by atoms with van der Waals surface area (Å²) in [7, 11) is 1.86. The molecule has 4 heteroatoms. The summed E-state index contributed by atoms with van der Waals surface area (Å²) in [5.41, 5.74) is 1.98. The first-order chi connectivity index (χ1) is 10.2. The fourth-order valence-corrected chi connectivity index (χ4v) is 2.96. The Morgan fingerprint density at radius 1 is 1.36 bits per heavy atom. The molecule has 1 aromatic carbocycles. The van der Waals surface area contributed by atoms with Gasteiger partial charge < -0.3 is 4.90 Å². The van der Waals surface area contributed by atoms with E-state index in [4.69, 9.17) is 0 Å². The molecule has 1 aromatic rings. The number of hydrogen-bond donors (Lipinski definition) is 0. The molecular weight excluding hydrogens is 279 g/mol. The molecular formula is C18H27FN2O. The summed E-state index contributed by atoms with van der Waals surface area (Å²) in [6.07, 6.45) is 0.984. The molecule has 0 N–H and O–H groups in total. The number of hydrogen-bond acceptors (Lipinski definition) is 2. The molecule has 0 saturated carbocycles. The lowest BCUT2D eigenvalue weighted by Gasteiger charge is -2.24. The maximum Gasteiger partial charge on any atom is 0.219 e. The second-order valence-corrected chi connectivity index (χ2v) is 7.41. The highest BCUT2D eigenvalue weighted by Crippen LogP contribution is 2.25. The van der Waals surface area contributed by atoms with Crippen LogP contribution in [0, 0.1) is 5.82 Å². The number of likely N-dealkylation sites (N-methyl/N-ethyl adjacent to an activating group) is 1. The standard InChI is InChI=1S/C18H27FN2O/c1-13(22)20(5)17-6-7-21(12-17)11-14-8-15(18(2,3)4)10-16(19)9-14/h8-10,17H,6-7,11-12H2,1-5H3. The topological polar surface area (TPSA) is 23.6 Å². The van der Waals surface area contributed by atoms with E-state index < -0.39 is 0 Å². The molecule has 122 valence electrons. The van der Waals surface area contributed by atoms with Crippen LogP contribution in [0.2, 0.25) is 0 Å². The Balaban J connectivity index is 2.06. The molecule has 1 amide bonds. The molecule has 0 bridgehead atoms. The van der Waals surface area contributed by atoms with Gasteiger partial charge in [-0.05, 0) is 35.1 Å². The largest absolute Gasteiger partial charge is 0.342 e. The van der Waals surface area contributed by atoms with Crippen molar-refractivity contribution in [1.82, 2.24) is 9.80 Å². The second-order valence-electron chi connectivity index (χ2n) is 7.41. The van der Waals surface area contributed by atoms with Crippen molar-refractivity contribution < 1.29 is 9.18 Å². The predicted molar refractivity (Wildman–Crippen MR) is 87.2 cm³/mol. The van der Waals surface area contributed by atoms with Gasteiger partial charge in [0.2, 0.25) is 5.91 Å². The van der Waals surface area contributed by atoms with Crippen molar-refractivity contribution in [2.24, 2.45) is 0 Å². The zero-order chi connectivity index (χ0) is 16.5. The third-order valence-corrected chi connectivity index (χ3v) is 4.52. The molecule has 1 aliphatic rings. The van der Waals surface area contributed by atoms with Gasteiger partial charge in [0, 0.05) is 39.6 Å². The highest BCUT2D eigenvalue weighted by molar-refractivity contribution is 5.73. The van der Waals surface area contributed by atoms with Crippen molar-refractivity contribution in [3.8, 4) is 0 Å². The monoisotopic (exact) mass is 306 g/mol. The van der Waals surface area contributed by atoms with Crippen LogP contribution in [-0.2, 0) is 16.8 Å². The Labute approximate surface area is 133 Å². The van der Waals surface area contributed by atoms with E-state index >= 15 is 0 Å². The van der Waals surface area contributed by atoms with Crippen LogP contribution in [0.4, 0.5) is 4.39 Å². The Kier molecular flexibility index (Phi) is 4.90. The zero-order valence-corrected chi connectivity index (χ0v) is 14.3. The highest BCUT2D eigenvalue weighted by atomic mass is 19.1. The normalized spacial score (nSPS) is 19.5. The highest BCUT2D eigenvalue weighted by Gasteiger charge is 2.27. The van der Waals surface area contributed by atoms with E-state index in [1.165, 1.54) is 0 Å². The van der Waals surface area contributed by atoms with Crippen LogP contribution >= 0.6 is 0 Å². The molecule has 1 fully saturated rings. The number of carbonyl (C=O) groups is 1. The van der Waals surface area contributed by atoms with Gasteiger partial charge in [-0.1, -0.05) is 26.8 Å². The molecule has 0 radical (unpaired) electrons. The van der Waals surface area contributed by atoms with Crippen molar-refractivity contribution in [3.63, 3.8) is 0 Å². The fourth-order valence-electron chi connectivity index (χ4n) is 2.96. The number of nitrogens with zero attached hydrogens (tertiary/aromatic N) is 2. The molecule has 0 aromatic heterocycles. The van der Waals surface area contributed by atoms with Crippen LogP contribution in [-0.4, -0.2) is 41.9 Å². The van der Waals surface area contributed by atoms with Gasteiger partial charge in [0.25, 0.3) is 0 Å². The minimum atomic E-state index is -0.168. The van der Waals surface area contributed by atoms with Crippen LogP contribution in [0.1, 0.15) is 45.2 Å². The number of rotatable bonds is 3. The molecule has 1 aliphatic heterocycles. The van der Waals surface area contributed by atoms with Gasteiger partial charge >= 0.3 is 0 Å². The lowest BCUT2D eigenvalue weighted by Crippen LogP contribution is -2.37. The van der Waals surface area contributed by atoms with Gasteiger partial charge in [-0.3, -0.25) is 9.69 Å². The summed E-state index contributed by atoms with van der Waals surface area (Å²) in [6.45, 7) is 10.4. The summed E-state index contributed by atoms with van der Waals surface area (Å²) in [6, 6.07) is 5.62. The number of benzene rings is 1. The molecule has 22 heavy (non-hydrogen) atoms. The summed E-state index contributed by atoms with van der Waals surface area (Å²) in [4.78, 5) is 15.6. The van der Waals surface area contributed by atoms with Gasteiger partial charge in [-0.25, -0.2) is 4.39 Å². The van der Waals surface area contributed by atoms with Crippen molar-refractivity contribution >= 4 is 5.91 Å². The van der Waals surface area contributed by atoms with Gasteiger partial charge in [-0.2, -0.15) is 0 Å². The molecule has 1 heterocycles. The average molecular weight is 306 g/mol. The molecule has 1 unspecified atom stereocenters. The predicted octanol–water partition coefficient (Wildman–Crippen LogP) is 3.18. The third-order valence-electron chi connectivity index (χ3n) is 4.52. The summed E-state index contributed by atoms with van der Waals surface area (Å²) < 4.78 is 13.9. The average Bonchev–Trinajstić information content (AvgIpc) is 2.84. The smallest absolute Gasteiger partial charge is 0.219 e. The van der Waals surface area contributed by atoms with Crippen molar-refractivity contribution in [3.05, 3.63) is 35.1 Å². The molecule has 3 nitrogen and oxygen atoms in total. The zero-order valence-electron chi connectivity index (χ0n) is 14.3. The summed E-state index contributed by atoms with van der Waals surface area (Å²) in [5.74, 6) is -0.0633.